The predicted octanol–water partition coefficient (Wildman–Crippen LogP) is 6.31. The maximum atomic E-state index is 13.2. The van der Waals surface area contributed by atoms with Crippen molar-refractivity contribution < 1.29 is 97.6 Å². The minimum atomic E-state index is -5.59. The number of phenolic OH excluding ortho intramolecular Hbond substituents is 2. The Morgan fingerprint density at radius 1 is 0.415 bits per heavy atom. The molecular weight excluding hydrogens is 1220 g/mol. The number of phenols is 2. The van der Waals surface area contributed by atoms with Crippen LogP contribution in [0.1, 0.15) is 13.8 Å². The van der Waals surface area contributed by atoms with Gasteiger partial charge in [-0.2, -0.15) is 91.2 Å². The largest absolute Gasteiger partial charge is 0.505 e. The van der Waals surface area contributed by atoms with E-state index in [4.69, 9.17) is 0 Å². The molecule has 82 heavy (non-hydrogen) atoms. The first kappa shape index (κ1) is 59.4. The number of hydrazone groups is 2. The average Bonchev–Trinajstić information content (AvgIpc) is 3.99. The van der Waals surface area contributed by atoms with Crippen LogP contribution in [0.3, 0.4) is 0 Å². The predicted molar refractivity (Wildman–Crippen MR) is 278 cm³/mol. The van der Waals surface area contributed by atoms with Crippen molar-refractivity contribution in [1.82, 2.24) is 0 Å². The van der Waals surface area contributed by atoms with Crippen LogP contribution in [-0.2, 0) is 70.3 Å². The second kappa shape index (κ2) is 21.3. The van der Waals surface area contributed by atoms with E-state index in [1.807, 2.05) is 0 Å². The number of fused-ring (bicyclic) bond motifs is 1. The summed E-state index contributed by atoms with van der Waals surface area (Å²) in [4.78, 5) is 20.4. The van der Waals surface area contributed by atoms with Gasteiger partial charge in [0.15, 0.2) is 23.6 Å². The number of benzene rings is 6. The highest BCUT2D eigenvalue weighted by atomic mass is 32.2. The molecule has 0 radical (unpaired) electrons. The molecule has 8 N–H and O–H groups in total. The first-order valence-electron chi connectivity index (χ1n) is 21.8. The molecule has 0 aromatic heterocycles. The van der Waals surface area contributed by atoms with Crippen molar-refractivity contribution in [2.24, 2.45) is 51.1 Å². The van der Waals surface area contributed by atoms with Crippen LogP contribution in [0.2, 0.25) is 0 Å². The standard InChI is InChI=1S/C42H32N12O22S6/c1-19-35(41(57)53(51-19)24-5-9-26(10-6-24)77(59,60)61)47-43-22-3-13-28(30(17-22)79(65,66)67)45-49-37-32(81(71,72)73)15-21-16-33(82(74,75)76)38(40(56)34(21)39(37)55)50-46-29-14-4-23(18-31(29)80(68,69)70)44-48-36-20(2)52-54(42(36)58)25-7-11-27(12-8-25)78(62,63)64/h3-18,35-36,55-56H,1-2H3,(H,59,60,61)(H,62,63,64)(H,65,66,67)(H,68,69,70)(H,71,72,73)(H,74,75,76). The van der Waals surface area contributed by atoms with Crippen LogP contribution >= 0.6 is 0 Å². The molecule has 8 rings (SSSR count). The summed E-state index contributed by atoms with van der Waals surface area (Å²) in [5.41, 5.74) is -4.89. The van der Waals surface area contributed by atoms with Gasteiger partial charge in [0.1, 0.15) is 42.3 Å². The van der Waals surface area contributed by atoms with Crippen molar-refractivity contribution >= 4 is 140 Å². The Morgan fingerprint density at radius 3 is 1.05 bits per heavy atom. The molecule has 6 aromatic rings. The molecule has 34 nitrogen and oxygen atoms in total. The zero-order valence-electron chi connectivity index (χ0n) is 40.5. The Hall–Kier alpha value is -8.68. The Labute approximate surface area is 460 Å². The van der Waals surface area contributed by atoms with Crippen LogP contribution in [0, 0.1) is 0 Å². The van der Waals surface area contributed by atoms with E-state index in [-0.39, 0.29) is 34.2 Å². The van der Waals surface area contributed by atoms with Crippen molar-refractivity contribution in [3.8, 4) is 11.5 Å². The number of amides is 2. The topological polar surface area (TPSA) is 531 Å². The molecule has 0 aliphatic carbocycles. The van der Waals surface area contributed by atoms with Crippen LogP contribution in [0.15, 0.2) is 178 Å². The third kappa shape index (κ3) is 12.3. The summed E-state index contributed by atoms with van der Waals surface area (Å²) in [7, 11) is -31.0. The molecule has 0 bridgehead atoms. The van der Waals surface area contributed by atoms with Gasteiger partial charge < -0.3 is 10.2 Å². The van der Waals surface area contributed by atoms with E-state index in [1.54, 1.807) is 0 Å². The second-order valence-corrected chi connectivity index (χ2v) is 25.2. The fourth-order valence-electron chi connectivity index (χ4n) is 7.48. The number of nitrogens with zero attached hydrogens (tertiary/aromatic N) is 12. The highest BCUT2D eigenvalue weighted by Gasteiger charge is 2.37. The van der Waals surface area contributed by atoms with Crippen LogP contribution < -0.4 is 10.0 Å². The zero-order chi connectivity index (χ0) is 60.4. The Bertz CT molecular complexity index is 4380. The number of carbonyl (C=O) groups is 2. The average molecular weight is 1250 g/mol. The highest BCUT2D eigenvalue weighted by Crippen LogP contribution is 2.50. The van der Waals surface area contributed by atoms with E-state index in [1.165, 1.54) is 13.8 Å². The normalized spacial score (nSPS) is 16.9. The molecule has 2 unspecified atom stereocenters. The summed E-state index contributed by atoms with van der Waals surface area (Å²) in [5, 5.41) is 60.6. The number of carbonyl (C=O) groups excluding carboxylic acids is 2. The smallest absolute Gasteiger partial charge is 0.296 e. The monoisotopic (exact) mass is 1250 g/mol. The first-order chi connectivity index (χ1) is 37.9. The first-order valence-corrected chi connectivity index (χ1v) is 30.4. The SMILES string of the molecule is CC1=NN(c2ccc(S(=O)(=O)O)cc2)C(=O)C1N=Nc1ccc(N=Nc2c(S(=O)(=O)O)cc3cc(S(=O)(=O)O)c(N=Nc4ccc(N=NC5C(=O)N(c6ccc(S(=O)(=O)O)cc6)N=C5C)cc4S(=O)(=O)O)c(O)c3c2O)c(S(=O)(=O)O)c1. The van der Waals surface area contributed by atoms with Crippen LogP contribution in [-0.4, -0.2) is 123 Å². The van der Waals surface area contributed by atoms with Gasteiger partial charge in [0, 0.05) is 0 Å². The molecule has 0 fully saturated rings. The van der Waals surface area contributed by atoms with Gasteiger partial charge in [-0.3, -0.25) is 36.9 Å². The van der Waals surface area contributed by atoms with E-state index in [2.05, 4.69) is 51.1 Å². The summed E-state index contributed by atoms with van der Waals surface area (Å²) in [6.07, 6.45) is 0. The molecule has 40 heteroatoms. The van der Waals surface area contributed by atoms with E-state index in [0.29, 0.717) is 24.3 Å². The number of anilines is 2. The Morgan fingerprint density at radius 2 is 0.744 bits per heavy atom. The number of hydrogen-bond donors (Lipinski definition) is 8. The minimum absolute atomic E-state index is 0.0445. The lowest BCUT2D eigenvalue weighted by molar-refractivity contribution is -0.118. The van der Waals surface area contributed by atoms with Gasteiger partial charge in [0.25, 0.3) is 72.5 Å². The van der Waals surface area contributed by atoms with Gasteiger partial charge in [-0.1, -0.05) is 0 Å². The van der Waals surface area contributed by atoms with E-state index in [0.717, 1.165) is 82.8 Å². The van der Waals surface area contributed by atoms with Crippen LogP contribution in [0.5, 0.6) is 11.5 Å². The third-order valence-corrected chi connectivity index (χ3v) is 16.5. The third-order valence-electron chi connectivity index (χ3n) is 11.3. The summed E-state index contributed by atoms with van der Waals surface area (Å²) in [6.45, 7) is 2.73. The van der Waals surface area contributed by atoms with Gasteiger partial charge >= 0.3 is 0 Å². The van der Waals surface area contributed by atoms with Crippen molar-refractivity contribution in [2.75, 3.05) is 10.0 Å². The molecule has 0 saturated carbocycles. The number of azo groups is 4. The van der Waals surface area contributed by atoms with Gasteiger partial charge in [-0.25, -0.2) is 0 Å². The Kier molecular flexibility index (Phi) is 15.5. The number of rotatable bonds is 16. The highest BCUT2D eigenvalue weighted by molar-refractivity contribution is 7.87. The number of hydrogen-bond acceptors (Lipinski definition) is 26. The van der Waals surface area contributed by atoms with Gasteiger partial charge in [0.2, 0.25) is 0 Å². The van der Waals surface area contributed by atoms with Crippen molar-refractivity contribution in [1.29, 1.82) is 0 Å². The molecule has 2 aliphatic heterocycles. The molecule has 2 atom stereocenters. The maximum absolute atomic E-state index is 13.2. The fourth-order valence-corrected chi connectivity index (χ4v) is 11.0. The Balaban J connectivity index is 1.12. The molecule has 6 aromatic carbocycles. The summed E-state index contributed by atoms with van der Waals surface area (Å²) >= 11 is 0. The van der Waals surface area contributed by atoms with Crippen LogP contribution in [0.4, 0.5) is 45.5 Å². The summed E-state index contributed by atoms with van der Waals surface area (Å²) in [6, 6.07) is 11.4. The molecule has 0 saturated heterocycles. The molecular formula is C42H32N12O22S6. The van der Waals surface area contributed by atoms with Gasteiger partial charge in [-0.05, 0) is 116 Å². The van der Waals surface area contributed by atoms with E-state index in [9.17, 15) is 97.6 Å². The molecule has 0 spiro atoms. The molecule has 2 aliphatic rings. The maximum Gasteiger partial charge on any atom is 0.296 e. The van der Waals surface area contributed by atoms with E-state index < -0.39 is 159 Å². The van der Waals surface area contributed by atoms with E-state index >= 15 is 0 Å². The summed E-state index contributed by atoms with van der Waals surface area (Å²) in [5.74, 6) is -4.62. The van der Waals surface area contributed by atoms with Crippen molar-refractivity contribution in [3.05, 3.63) is 97.1 Å². The zero-order valence-corrected chi connectivity index (χ0v) is 45.4. The fraction of sp³-hybridized carbons (Fsp3) is 0.0952. The lowest BCUT2D eigenvalue weighted by Crippen LogP contribution is -2.29. The molecule has 2 heterocycles. The molecule has 2 amide bonds. The van der Waals surface area contributed by atoms with Gasteiger partial charge in [0.05, 0.1) is 49.4 Å². The van der Waals surface area contributed by atoms with Crippen molar-refractivity contribution in [2.45, 2.75) is 55.3 Å². The lowest BCUT2D eigenvalue weighted by atomic mass is 10.1. The van der Waals surface area contributed by atoms with Gasteiger partial charge in [-0.15, -0.1) is 20.5 Å². The minimum Gasteiger partial charge on any atom is -0.505 e. The summed E-state index contributed by atoms with van der Waals surface area (Å²) < 4.78 is 206. The number of aromatic hydroxyl groups is 2. The second-order valence-electron chi connectivity index (χ2n) is 16.8. The lowest BCUT2D eigenvalue weighted by Gasteiger charge is -2.13. The van der Waals surface area contributed by atoms with Crippen LogP contribution in [0.25, 0.3) is 10.8 Å². The molecule has 428 valence electrons. The quantitative estimate of drug-likeness (QED) is 0.0388. The van der Waals surface area contributed by atoms with Crippen molar-refractivity contribution in [3.63, 3.8) is 0 Å².